The minimum Gasteiger partial charge on any atom is -0.383 e. The van der Waals surface area contributed by atoms with E-state index in [4.69, 9.17) is 4.74 Å². The van der Waals surface area contributed by atoms with Crippen molar-refractivity contribution in [3.63, 3.8) is 0 Å². The molecule has 3 rings (SSSR count). The zero-order chi connectivity index (χ0) is 13.1. The van der Waals surface area contributed by atoms with Gasteiger partial charge in [0, 0.05) is 25.1 Å². The predicted molar refractivity (Wildman–Crippen MR) is 80.6 cm³/mol. The second-order valence-corrected chi connectivity index (χ2v) is 7.40. The summed E-state index contributed by atoms with van der Waals surface area (Å²) in [6, 6.07) is 4.51. The van der Waals surface area contributed by atoms with Gasteiger partial charge in [-0.2, -0.15) is 0 Å². The van der Waals surface area contributed by atoms with Gasteiger partial charge in [0.05, 0.1) is 6.61 Å². The Labute approximate surface area is 120 Å². The molecule has 0 saturated heterocycles. The number of nitrogens with one attached hydrogen (secondary N) is 1. The molecule has 106 valence electrons. The topological polar surface area (TPSA) is 21.3 Å². The van der Waals surface area contributed by atoms with Crippen LogP contribution in [-0.4, -0.2) is 26.8 Å². The van der Waals surface area contributed by atoms with E-state index in [1.54, 1.807) is 12.0 Å². The molecule has 2 bridgehead atoms. The molecule has 2 saturated carbocycles. The van der Waals surface area contributed by atoms with E-state index in [0.29, 0.717) is 5.41 Å². The minimum absolute atomic E-state index is 0.529. The van der Waals surface area contributed by atoms with Gasteiger partial charge in [0.25, 0.3) is 0 Å². The van der Waals surface area contributed by atoms with Crippen LogP contribution in [0.4, 0.5) is 0 Å². The van der Waals surface area contributed by atoms with Crippen molar-refractivity contribution in [2.75, 3.05) is 26.8 Å². The highest BCUT2D eigenvalue weighted by Gasteiger charge is 2.50. The van der Waals surface area contributed by atoms with Crippen LogP contribution < -0.4 is 5.32 Å². The molecule has 0 aromatic carbocycles. The molecule has 1 heterocycles. The standard InChI is InChI=1S/C16H25NOS/c1-18-7-6-17-12-16(11-15-3-2-8-19-15)10-13-4-5-14(16)9-13/h2-3,8,13-14,17H,4-7,9-12H2,1H3. The third-order valence-corrected chi connectivity index (χ3v) is 6.05. The van der Waals surface area contributed by atoms with Gasteiger partial charge in [-0.15, -0.1) is 11.3 Å². The molecule has 3 unspecified atom stereocenters. The van der Waals surface area contributed by atoms with Crippen LogP contribution in [0.5, 0.6) is 0 Å². The molecule has 19 heavy (non-hydrogen) atoms. The van der Waals surface area contributed by atoms with Crippen LogP contribution in [0.2, 0.25) is 0 Å². The molecule has 0 radical (unpaired) electrons. The van der Waals surface area contributed by atoms with Crippen molar-refractivity contribution in [1.29, 1.82) is 0 Å². The molecular weight excluding hydrogens is 254 g/mol. The van der Waals surface area contributed by atoms with E-state index in [1.165, 1.54) is 38.6 Å². The maximum absolute atomic E-state index is 5.15. The Kier molecular flexibility index (Phi) is 4.25. The van der Waals surface area contributed by atoms with Gasteiger partial charge >= 0.3 is 0 Å². The average Bonchev–Trinajstić information content (AvgIpc) is 3.11. The molecule has 1 N–H and O–H groups in total. The lowest BCUT2D eigenvalue weighted by atomic mass is 9.70. The lowest BCUT2D eigenvalue weighted by Crippen LogP contribution is -2.41. The van der Waals surface area contributed by atoms with E-state index in [-0.39, 0.29) is 0 Å². The van der Waals surface area contributed by atoms with Crippen molar-refractivity contribution in [2.45, 2.75) is 32.1 Å². The number of fused-ring (bicyclic) bond motifs is 2. The van der Waals surface area contributed by atoms with E-state index in [0.717, 1.165) is 25.0 Å². The largest absolute Gasteiger partial charge is 0.383 e. The molecule has 1 aromatic rings. The van der Waals surface area contributed by atoms with Crippen LogP contribution in [0.15, 0.2) is 17.5 Å². The number of thiophene rings is 1. The molecule has 0 spiro atoms. The summed E-state index contributed by atoms with van der Waals surface area (Å²) in [5.41, 5.74) is 0.529. The van der Waals surface area contributed by atoms with Crippen LogP contribution in [0.3, 0.4) is 0 Å². The van der Waals surface area contributed by atoms with Crippen molar-refractivity contribution in [3.05, 3.63) is 22.4 Å². The van der Waals surface area contributed by atoms with Gasteiger partial charge in [-0.25, -0.2) is 0 Å². The van der Waals surface area contributed by atoms with Crippen molar-refractivity contribution in [3.8, 4) is 0 Å². The smallest absolute Gasteiger partial charge is 0.0587 e. The minimum atomic E-state index is 0.529. The summed E-state index contributed by atoms with van der Waals surface area (Å²) in [4.78, 5) is 1.57. The number of methoxy groups -OCH3 is 1. The zero-order valence-electron chi connectivity index (χ0n) is 11.9. The van der Waals surface area contributed by atoms with E-state index in [1.807, 2.05) is 11.3 Å². The van der Waals surface area contributed by atoms with Crippen molar-refractivity contribution in [1.82, 2.24) is 5.32 Å². The molecule has 2 fully saturated rings. The summed E-state index contributed by atoms with van der Waals surface area (Å²) >= 11 is 1.93. The monoisotopic (exact) mass is 279 g/mol. The molecule has 1 aromatic heterocycles. The Hall–Kier alpha value is -0.380. The number of rotatable bonds is 7. The third-order valence-electron chi connectivity index (χ3n) is 5.17. The summed E-state index contributed by atoms with van der Waals surface area (Å²) < 4.78 is 5.15. The lowest BCUT2D eigenvalue weighted by molar-refractivity contribution is 0.146. The number of hydrogen-bond donors (Lipinski definition) is 1. The highest BCUT2D eigenvalue weighted by molar-refractivity contribution is 7.09. The van der Waals surface area contributed by atoms with Crippen LogP contribution in [-0.2, 0) is 11.2 Å². The molecule has 0 amide bonds. The van der Waals surface area contributed by atoms with Gasteiger partial charge in [0.1, 0.15) is 0 Å². The van der Waals surface area contributed by atoms with Gasteiger partial charge in [0.15, 0.2) is 0 Å². The second kappa shape index (κ2) is 5.94. The summed E-state index contributed by atoms with van der Waals surface area (Å²) in [6.07, 6.45) is 7.15. The third kappa shape index (κ3) is 2.88. The van der Waals surface area contributed by atoms with E-state index < -0.39 is 0 Å². The SMILES string of the molecule is COCCNCC1(Cc2cccs2)CC2CCC1C2. The molecule has 0 aliphatic heterocycles. The normalized spacial score (nSPS) is 33.1. The maximum Gasteiger partial charge on any atom is 0.0587 e. The first-order valence-electron chi connectivity index (χ1n) is 7.54. The maximum atomic E-state index is 5.15. The van der Waals surface area contributed by atoms with E-state index in [2.05, 4.69) is 22.8 Å². The summed E-state index contributed by atoms with van der Waals surface area (Å²) in [5.74, 6) is 1.96. The molecule has 2 nitrogen and oxygen atoms in total. The number of ether oxygens (including phenoxy) is 1. The van der Waals surface area contributed by atoms with Gasteiger partial charge in [-0.3, -0.25) is 0 Å². The lowest BCUT2D eigenvalue weighted by Gasteiger charge is -2.38. The Balaban J connectivity index is 1.65. The first-order valence-corrected chi connectivity index (χ1v) is 8.42. The average molecular weight is 279 g/mol. The van der Waals surface area contributed by atoms with Crippen molar-refractivity contribution < 1.29 is 4.74 Å². The van der Waals surface area contributed by atoms with Gasteiger partial charge in [0.2, 0.25) is 0 Å². The van der Waals surface area contributed by atoms with Gasteiger partial charge < -0.3 is 10.1 Å². The Morgan fingerprint density at radius 2 is 2.42 bits per heavy atom. The highest BCUT2D eigenvalue weighted by atomic mass is 32.1. The molecule has 3 heteroatoms. The van der Waals surface area contributed by atoms with Crippen LogP contribution in [0.1, 0.15) is 30.6 Å². The summed E-state index contributed by atoms with van der Waals surface area (Å²) in [7, 11) is 1.78. The molecule has 3 atom stereocenters. The van der Waals surface area contributed by atoms with Gasteiger partial charge in [-0.05, 0) is 54.4 Å². The molecular formula is C16H25NOS. The fourth-order valence-electron chi connectivity index (χ4n) is 4.33. The van der Waals surface area contributed by atoms with Crippen LogP contribution >= 0.6 is 11.3 Å². The Bertz CT molecular complexity index is 391. The fraction of sp³-hybridized carbons (Fsp3) is 0.750. The molecule has 2 aliphatic rings. The number of hydrogen-bond acceptors (Lipinski definition) is 3. The van der Waals surface area contributed by atoms with Crippen molar-refractivity contribution >= 4 is 11.3 Å². The highest BCUT2D eigenvalue weighted by Crippen LogP contribution is 2.57. The van der Waals surface area contributed by atoms with Gasteiger partial charge in [-0.1, -0.05) is 12.5 Å². The van der Waals surface area contributed by atoms with Crippen LogP contribution in [0, 0.1) is 17.3 Å². The van der Waals surface area contributed by atoms with E-state index in [9.17, 15) is 0 Å². The van der Waals surface area contributed by atoms with E-state index >= 15 is 0 Å². The summed E-state index contributed by atoms with van der Waals surface area (Å²) in [6.45, 7) is 2.98. The fourth-order valence-corrected chi connectivity index (χ4v) is 5.19. The molecule has 2 aliphatic carbocycles. The van der Waals surface area contributed by atoms with Crippen LogP contribution in [0.25, 0.3) is 0 Å². The first-order chi connectivity index (χ1) is 9.32. The zero-order valence-corrected chi connectivity index (χ0v) is 12.7. The predicted octanol–water partition coefficient (Wildman–Crippen LogP) is 3.33. The van der Waals surface area contributed by atoms with Crippen molar-refractivity contribution in [2.24, 2.45) is 17.3 Å². The second-order valence-electron chi connectivity index (χ2n) is 6.37. The summed E-state index contributed by atoms with van der Waals surface area (Å²) in [5, 5.41) is 5.86. The Morgan fingerprint density at radius 3 is 3.05 bits per heavy atom. The Morgan fingerprint density at radius 1 is 1.47 bits per heavy atom. The first kappa shape index (κ1) is 13.6. The quantitative estimate of drug-likeness (QED) is 0.773.